The molecule has 0 aliphatic carbocycles. The van der Waals surface area contributed by atoms with Gasteiger partial charge in [0.2, 0.25) is 0 Å². The Hall–Kier alpha value is -1.02. The van der Waals surface area contributed by atoms with Gasteiger partial charge in [-0.15, -0.1) is 0 Å². The summed E-state index contributed by atoms with van der Waals surface area (Å²) in [5, 5.41) is 11.7. The van der Waals surface area contributed by atoms with Crippen LogP contribution in [0, 0.1) is 20.8 Å². The maximum Gasteiger partial charge on any atom is 0.0836 e. The smallest absolute Gasteiger partial charge is 0.0836 e. The number of hydrogen-bond donors (Lipinski definition) is 1. The van der Waals surface area contributed by atoms with Crippen LogP contribution in [0.25, 0.3) is 0 Å². The number of aliphatic hydroxyl groups excluding tert-OH is 1. The van der Waals surface area contributed by atoms with Gasteiger partial charge in [-0.25, -0.2) is 0 Å². The fraction of sp³-hybridized carbons (Fsp3) is 0.294. The fourth-order valence-electron chi connectivity index (χ4n) is 2.71. The molecule has 0 radical (unpaired) electrons. The maximum absolute atomic E-state index is 10.5. The van der Waals surface area contributed by atoms with Crippen molar-refractivity contribution < 1.29 is 5.11 Å². The molecule has 0 bridgehead atoms. The number of rotatable bonds is 3. The van der Waals surface area contributed by atoms with Gasteiger partial charge in [-0.05, 0) is 55.2 Å². The van der Waals surface area contributed by atoms with E-state index in [4.69, 9.17) is 23.2 Å². The molecule has 1 nitrogen and oxygen atoms in total. The number of hydrogen-bond acceptors (Lipinski definition) is 1. The Labute approximate surface area is 130 Å². The summed E-state index contributed by atoms with van der Waals surface area (Å²) in [5.74, 6) is 0. The van der Waals surface area contributed by atoms with Gasteiger partial charge < -0.3 is 5.11 Å². The van der Waals surface area contributed by atoms with Gasteiger partial charge in [0.1, 0.15) is 0 Å². The van der Waals surface area contributed by atoms with Gasteiger partial charge >= 0.3 is 0 Å². The quantitative estimate of drug-likeness (QED) is 0.826. The second-order valence-corrected chi connectivity index (χ2v) is 6.11. The molecule has 0 aliphatic rings. The number of aliphatic hydroxyl groups is 1. The van der Waals surface area contributed by atoms with Gasteiger partial charge in [0.25, 0.3) is 0 Å². The highest BCUT2D eigenvalue weighted by Crippen LogP contribution is 2.29. The molecule has 20 heavy (non-hydrogen) atoms. The minimum atomic E-state index is -0.561. The molecule has 2 rings (SSSR count). The van der Waals surface area contributed by atoms with Crippen LogP contribution in [0.4, 0.5) is 0 Å². The third kappa shape index (κ3) is 3.35. The molecular weight excluding hydrogens is 291 g/mol. The Morgan fingerprint density at radius 2 is 1.60 bits per heavy atom. The topological polar surface area (TPSA) is 20.2 Å². The largest absolute Gasteiger partial charge is 0.388 e. The minimum Gasteiger partial charge on any atom is -0.388 e. The molecule has 0 heterocycles. The third-order valence-corrected chi connectivity index (χ3v) is 4.09. The van der Waals surface area contributed by atoms with Crippen molar-refractivity contribution >= 4 is 23.2 Å². The summed E-state index contributed by atoms with van der Waals surface area (Å²) in [7, 11) is 0. The molecule has 2 aromatic carbocycles. The second-order valence-electron chi connectivity index (χ2n) is 5.27. The first kappa shape index (κ1) is 15.4. The van der Waals surface area contributed by atoms with E-state index in [0.717, 1.165) is 22.3 Å². The van der Waals surface area contributed by atoms with Gasteiger partial charge in [0.15, 0.2) is 0 Å². The van der Waals surface area contributed by atoms with E-state index in [9.17, 15) is 5.11 Å². The Bertz CT molecular complexity index is 612. The molecule has 0 amide bonds. The van der Waals surface area contributed by atoms with Crippen LogP contribution in [0.15, 0.2) is 30.3 Å². The van der Waals surface area contributed by atoms with Crippen LogP contribution >= 0.6 is 23.2 Å². The van der Waals surface area contributed by atoms with E-state index in [1.165, 1.54) is 5.56 Å². The average molecular weight is 309 g/mol. The van der Waals surface area contributed by atoms with Crippen molar-refractivity contribution in [2.75, 3.05) is 0 Å². The van der Waals surface area contributed by atoms with E-state index < -0.39 is 6.10 Å². The van der Waals surface area contributed by atoms with Crippen LogP contribution in [0.5, 0.6) is 0 Å². The van der Waals surface area contributed by atoms with Crippen molar-refractivity contribution in [1.29, 1.82) is 0 Å². The zero-order valence-electron chi connectivity index (χ0n) is 11.9. The van der Waals surface area contributed by atoms with E-state index in [1.54, 1.807) is 12.1 Å². The van der Waals surface area contributed by atoms with E-state index in [-0.39, 0.29) is 0 Å². The average Bonchev–Trinajstić information content (AvgIpc) is 2.31. The lowest BCUT2D eigenvalue weighted by Crippen LogP contribution is -2.07. The summed E-state index contributed by atoms with van der Waals surface area (Å²) in [6.07, 6.45) is -0.0740. The molecule has 0 aliphatic heterocycles. The molecule has 0 saturated carbocycles. The van der Waals surface area contributed by atoms with Gasteiger partial charge in [-0.2, -0.15) is 0 Å². The third-order valence-electron chi connectivity index (χ3n) is 3.50. The summed E-state index contributed by atoms with van der Waals surface area (Å²) in [6.45, 7) is 6.12. The monoisotopic (exact) mass is 308 g/mol. The standard InChI is InChI=1S/C17H18Cl2O/c1-10-6-11(2)17(12(3)7-10)16(20)8-13-4-5-14(18)9-15(13)19/h4-7,9,16,20H,8H2,1-3H3. The van der Waals surface area contributed by atoms with Crippen molar-refractivity contribution in [3.63, 3.8) is 0 Å². The molecule has 1 unspecified atom stereocenters. The van der Waals surface area contributed by atoms with Crippen molar-refractivity contribution in [2.24, 2.45) is 0 Å². The molecule has 0 aromatic heterocycles. The SMILES string of the molecule is Cc1cc(C)c(C(O)Cc2ccc(Cl)cc2Cl)c(C)c1. The lowest BCUT2D eigenvalue weighted by molar-refractivity contribution is 0.177. The predicted molar refractivity (Wildman–Crippen MR) is 85.8 cm³/mol. The Morgan fingerprint density at radius 1 is 1.00 bits per heavy atom. The van der Waals surface area contributed by atoms with E-state index in [0.29, 0.717) is 16.5 Å². The van der Waals surface area contributed by atoms with Crippen LogP contribution in [0.3, 0.4) is 0 Å². The molecule has 106 valence electrons. The van der Waals surface area contributed by atoms with Gasteiger partial charge in [-0.1, -0.05) is 47.0 Å². The number of benzene rings is 2. The predicted octanol–water partition coefficient (Wildman–Crippen LogP) is 5.19. The minimum absolute atomic E-state index is 0.487. The van der Waals surface area contributed by atoms with E-state index in [2.05, 4.69) is 19.1 Å². The normalized spacial score (nSPS) is 12.5. The molecule has 0 fully saturated rings. The number of aryl methyl sites for hydroxylation is 3. The molecule has 1 N–H and O–H groups in total. The van der Waals surface area contributed by atoms with Crippen LogP contribution in [0.1, 0.15) is 33.9 Å². The number of halogens is 2. The second kappa shape index (κ2) is 6.17. The van der Waals surface area contributed by atoms with Gasteiger partial charge in [0.05, 0.1) is 6.10 Å². The molecule has 0 spiro atoms. The summed E-state index contributed by atoms with van der Waals surface area (Å²) in [6, 6.07) is 9.56. The highest BCUT2D eigenvalue weighted by atomic mass is 35.5. The fourth-order valence-corrected chi connectivity index (χ4v) is 3.20. The van der Waals surface area contributed by atoms with Crippen molar-refractivity contribution in [3.05, 3.63) is 68.2 Å². The molecule has 3 heteroatoms. The van der Waals surface area contributed by atoms with Gasteiger partial charge in [-0.3, -0.25) is 0 Å². The van der Waals surface area contributed by atoms with E-state index in [1.807, 2.05) is 19.9 Å². The highest BCUT2D eigenvalue weighted by molar-refractivity contribution is 6.35. The van der Waals surface area contributed by atoms with Crippen molar-refractivity contribution in [3.8, 4) is 0 Å². The summed E-state index contributed by atoms with van der Waals surface area (Å²) < 4.78 is 0. The Kier molecular flexibility index (Phi) is 4.74. The zero-order valence-corrected chi connectivity index (χ0v) is 13.4. The first-order chi connectivity index (χ1) is 9.38. The highest BCUT2D eigenvalue weighted by Gasteiger charge is 2.16. The van der Waals surface area contributed by atoms with Crippen LogP contribution in [-0.2, 0) is 6.42 Å². The molecule has 0 saturated heterocycles. The van der Waals surface area contributed by atoms with Crippen LogP contribution in [0.2, 0.25) is 10.0 Å². The lowest BCUT2D eigenvalue weighted by Gasteiger charge is -2.18. The molecular formula is C17H18Cl2O. The first-order valence-corrected chi connectivity index (χ1v) is 7.34. The van der Waals surface area contributed by atoms with Gasteiger partial charge in [0, 0.05) is 16.5 Å². The lowest BCUT2D eigenvalue weighted by atomic mass is 9.92. The molecule has 1 atom stereocenters. The Morgan fingerprint density at radius 3 is 2.15 bits per heavy atom. The summed E-state index contributed by atoms with van der Waals surface area (Å²) in [4.78, 5) is 0. The van der Waals surface area contributed by atoms with Crippen LogP contribution in [-0.4, -0.2) is 5.11 Å². The van der Waals surface area contributed by atoms with Crippen molar-refractivity contribution in [2.45, 2.75) is 33.3 Å². The Balaban J connectivity index is 2.31. The maximum atomic E-state index is 10.5. The van der Waals surface area contributed by atoms with Crippen molar-refractivity contribution in [1.82, 2.24) is 0 Å². The van der Waals surface area contributed by atoms with Crippen LogP contribution < -0.4 is 0 Å². The zero-order chi connectivity index (χ0) is 14.9. The van der Waals surface area contributed by atoms with E-state index >= 15 is 0 Å². The summed E-state index contributed by atoms with van der Waals surface area (Å²) >= 11 is 12.1. The molecule has 2 aromatic rings. The summed E-state index contributed by atoms with van der Waals surface area (Å²) in [5.41, 5.74) is 5.32. The first-order valence-electron chi connectivity index (χ1n) is 6.58.